The average Bonchev–Trinajstić information content (AvgIpc) is 3.43. The molecule has 1 fully saturated rings. The number of carbonyl (C=O) groups is 1. The predicted molar refractivity (Wildman–Crippen MR) is 94.0 cm³/mol. The molecule has 1 aliphatic carbocycles. The molecule has 1 N–H and O–H groups in total. The van der Waals surface area contributed by atoms with Crippen LogP contribution in [-0.2, 0) is 6.54 Å². The molecule has 0 aromatic carbocycles. The van der Waals surface area contributed by atoms with Crippen LogP contribution in [0.3, 0.4) is 0 Å². The smallest absolute Gasteiger partial charge is 0.269 e. The zero-order chi connectivity index (χ0) is 17.1. The minimum atomic E-state index is -0.157. The molecular formula is C19H19N5O. The lowest BCUT2D eigenvalue weighted by molar-refractivity contribution is 0.0947. The molecule has 6 heteroatoms. The Morgan fingerprint density at radius 3 is 2.72 bits per heavy atom. The summed E-state index contributed by atoms with van der Waals surface area (Å²) in [6.07, 6.45) is 9.54. The van der Waals surface area contributed by atoms with Crippen LogP contribution in [0, 0.1) is 0 Å². The Morgan fingerprint density at radius 2 is 2.00 bits per heavy atom. The summed E-state index contributed by atoms with van der Waals surface area (Å²) in [5.74, 6) is 0.409. The summed E-state index contributed by atoms with van der Waals surface area (Å²) in [5, 5.41) is 7.46. The second-order valence-corrected chi connectivity index (χ2v) is 6.15. The number of rotatable bonds is 6. The van der Waals surface area contributed by atoms with Crippen molar-refractivity contribution >= 4 is 5.91 Å². The van der Waals surface area contributed by atoms with E-state index in [1.165, 1.54) is 24.1 Å². The van der Waals surface area contributed by atoms with E-state index in [2.05, 4.69) is 20.4 Å². The molecule has 1 amide bonds. The topological polar surface area (TPSA) is 72.7 Å². The third-order valence-corrected chi connectivity index (χ3v) is 4.34. The Kier molecular flexibility index (Phi) is 4.24. The van der Waals surface area contributed by atoms with Crippen LogP contribution in [0.1, 0.15) is 34.9 Å². The standard InChI is InChI=1S/C19H19N5O/c25-19(17-3-1-2-8-21-17)22-11-12-24-18(15-4-5-15)16(13-23-24)14-6-9-20-10-7-14/h1-3,6-10,13,15H,4-5,11-12H2,(H,22,25). The van der Waals surface area contributed by atoms with Crippen molar-refractivity contribution in [1.82, 2.24) is 25.1 Å². The van der Waals surface area contributed by atoms with Gasteiger partial charge in [0.1, 0.15) is 5.69 Å². The number of hydrogen-bond donors (Lipinski definition) is 1. The van der Waals surface area contributed by atoms with E-state index in [1.54, 1.807) is 30.7 Å². The number of amides is 1. The zero-order valence-corrected chi connectivity index (χ0v) is 13.8. The number of hydrogen-bond acceptors (Lipinski definition) is 4. The Balaban J connectivity index is 1.46. The molecule has 0 saturated heterocycles. The second kappa shape index (κ2) is 6.84. The normalized spacial score (nSPS) is 13.6. The number of aromatic nitrogens is 4. The van der Waals surface area contributed by atoms with E-state index in [-0.39, 0.29) is 5.91 Å². The first-order chi connectivity index (χ1) is 12.3. The lowest BCUT2D eigenvalue weighted by Crippen LogP contribution is -2.28. The largest absolute Gasteiger partial charge is 0.349 e. The minimum absolute atomic E-state index is 0.157. The summed E-state index contributed by atoms with van der Waals surface area (Å²) in [6, 6.07) is 9.33. The maximum Gasteiger partial charge on any atom is 0.269 e. The Labute approximate surface area is 145 Å². The summed E-state index contributed by atoms with van der Waals surface area (Å²) in [6.45, 7) is 1.17. The van der Waals surface area contributed by atoms with Crippen LogP contribution in [0.15, 0.2) is 55.1 Å². The fourth-order valence-corrected chi connectivity index (χ4v) is 2.98. The molecule has 3 aromatic rings. The van der Waals surface area contributed by atoms with E-state index in [0.717, 1.165) is 5.56 Å². The quantitative estimate of drug-likeness (QED) is 0.753. The fraction of sp³-hybridized carbons (Fsp3) is 0.263. The van der Waals surface area contributed by atoms with Crippen LogP contribution >= 0.6 is 0 Å². The average molecular weight is 333 g/mol. The van der Waals surface area contributed by atoms with Gasteiger partial charge in [-0.05, 0) is 42.7 Å². The van der Waals surface area contributed by atoms with Crippen molar-refractivity contribution in [3.63, 3.8) is 0 Å². The summed E-state index contributed by atoms with van der Waals surface area (Å²) in [4.78, 5) is 20.2. The monoisotopic (exact) mass is 333 g/mol. The highest BCUT2D eigenvalue weighted by Crippen LogP contribution is 2.44. The number of carbonyl (C=O) groups excluding carboxylic acids is 1. The lowest BCUT2D eigenvalue weighted by atomic mass is 10.1. The van der Waals surface area contributed by atoms with Crippen LogP contribution in [0.2, 0.25) is 0 Å². The summed E-state index contributed by atoms with van der Waals surface area (Å²) in [5.41, 5.74) is 4.00. The van der Waals surface area contributed by atoms with Gasteiger partial charge in [0.15, 0.2) is 0 Å². The molecule has 0 bridgehead atoms. The molecule has 3 heterocycles. The molecule has 126 valence electrons. The van der Waals surface area contributed by atoms with Gasteiger partial charge in [-0.15, -0.1) is 0 Å². The molecule has 0 aliphatic heterocycles. The second-order valence-electron chi connectivity index (χ2n) is 6.15. The Hall–Kier alpha value is -3.02. The molecule has 0 atom stereocenters. The SMILES string of the molecule is O=C(NCCn1ncc(-c2ccncc2)c1C1CC1)c1ccccn1. The molecular weight excluding hydrogens is 314 g/mol. The van der Waals surface area contributed by atoms with Crippen molar-refractivity contribution < 1.29 is 4.79 Å². The van der Waals surface area contributed by atoms with Crippen molar-refractivity contribution in [3.05, 3.63) is 66.5 Å². The third-order valence-electron chi connectivity index (χ3n) is 4.34. The molecule has 6 nitrogen and oxygen atoms in total. The zero-order valence-electron chi connectivity index (χ0n) is 13.8. The highest BCUT2D eigenvalue weighted by atomic mass is 16.1. The van der Waals surface area contributed by atoms with Gasteiger partial charge in [0, 0.05) is 42.3 Å². The first kappa shape index (κ1) is 15.5. The van der Waals surface area contributed by atoms with Crippen LogP contribution in [0.4, 0.5) is 0 Å². The van der Waals surface area contributed by atoms with Gasteiger partial charge >= 0.3 is 0 Å². The van der Waals surface area contributed by atoms with Crippen molar-refractivity contribution in [2.45, 2.75) is 25.3 Å². The van der Waals surface area contributed by atoms with Gasteiger partial charge in [0.25, 0.3) is 5.91 Å². The molecule has 0 unspecified atom stereocenters. The molecule has 1 saturated carbocycles. The van der Waals surface area contributed by atoms with Gasteiger partial charge in [-0.2, -0.15) is 5.10 Å². The van der Waals surface area contributed by atoms with Gasteiger partial charge in [0.2, 0.25) is 0 Å². The molecule has 25 heavy (non-hydrogen) atoms. The van der Waals surface area contributed by atoms with E-state index in [0.29, 0.717) is 24.7 Å². The Bertz CT molecular complexity index is 856. The molecule has 0 radical (unpaired) electrons. The van der Waals surface area contributed by atoms with Crippen molar-refractivity contribution in [2.75, 3.05) is 6.54 Å². The van der Waals surface area contributed by atoms with Gasteiger partial charge in [-0.1, -0.05) is 6.07 Å². The summed E-state index contributed by atoms with van der Waals surface area (Å²) >= 11 is 0. The first-order valence-corrected chi connectivity index (χ1v) is 8.48. The molecule has 1 aliphatic rings. The third kappa shape index (κ3) is 3.42. The van der Waals surface area contributed by atoms with Crippen LogP contribution < -0.4 is 5.32 Å². The van der Waals surface area contributed by atoms with Crippen LogP contribution in [0.25, 0.3) is 11.1 Å². The summed E-state index contributed by atoms with van der Waals surface area (Å²) in [7, 11) is 0. The maximum atomic E-state index is 12.1. The molecule has 3 aromatic heterocycles. The van der Waals surface area contributed by atoms with Crippen molar-refractivity contribution in [3.8, 4) is 11.1 Å². The van der Waals surface area contributed by atoms with Crippen molar-refractivity contribution in [2.24, 2.45) is 0 Å². The van der Waals surface area contributed by atoms with Crippen LogP contribution in [-0.4, -0.2) is 32.2 Å². The number of nitrogens with zero attached hydrogens (tertiary/aromatic N) is 4. The summed E-state index contributed by atoms with van der Waals surface area (Å²) < 4.78 is 2.02. The van der Waals surface area contributed by atoms with Gasteiger partial charge in [0.05, 0.1) is 12.7 Å². The fourth-order valence-electron chi connectivity index (χ4n) is 2.98. The lowest BCUT2D eigenvalue weighted by Gasteiger charge is -2.10. The minimum Gasteiger partial charge on any atom is -0.349 e. The van der Waals surface area contributed by atoms with Gasteiger partial charge in [-0.3, -0.25) is 19.4 Å². The highest BCUT2D eigenvalue weighted by Gasteiger charge is 2.30. The molecule has 4 rings (SSSR count). The van der Waals surface area contributed by atoms with Gasteiger partial charge < -0.3 is 5.32 Å². The first-order valence-electron chi connectivity index (χ1n) is 8.48. The van der Waals surface area contributed by atoms with Crippen LogP contribution in [0.5, 0.6) is 0 Å². The van der Waals surface area contributed by atoms with E-state index in [1.807, 2.05) is 29.1 Å². The maximum absolute atomic E-state index is 12.1. The number of pyridine rings is 2. The van der Waals surface area contributed by atoms with Crippen molar-refractivity contribution in [1.29, 1.82) is 0 Å². The molecule has 0 spiro atoms. The Morgan fingerprint density at radius 1 is 1.16 bits per heavy atom. The highest BCUT2D eigenvalue weighted by molar-refractivity contribution is 5.92. The van der Waals surface area contributed by atoms with E-state index in [9.17, 15) is 4.79 Å². The van der Waals surface area contributed by atoms with E-state index >= 15 is 0 Å². The van der Waals surface area contributed by atoms with E-state index < -0.39 is 0 Å². The predicted octanol–water partition coefficient (Wildman–Crippen LogP) is 2.65. The number of nitrogens with one attached hydrogen (secondary N) is 1. The van der Waals surface area contributed by atoms with E-state index in [4.69, 9.17) is 0 Å². The van der Waals surface area contributed by atoms with Gasteiger partial charge in [-0.25, -0.2) is 0 Å².